The van der Waals surface area contributed by atoms with E-state index in [9.17, 15) is 24.3 Å². The Morgan fingerprint density at radius 1 is 0.812 bits per heavy atom. The van der Waals surface area contributed by atoms with Gasteiger partial charge in [-0.05, 0) is 105 Å². The minimum atomic E-state index is -1.32. The number of likely N-dealkylation sites (N-methyl/N-ethyl adjacent to an activating group) is 1. The quantitative estimate of drug-likeness (QED) is 0.130. The lowest BCUT2D eigenvalue weighted by Gasteiger charge is -2.35. The molecule has 2 fully saturated rings. The summed E-state index contributed by atoms with van der Waals surface area (Å²) in [6.45, 7) is 3.78. The number of nitrogens with zero attached hydrogens (tertiary/aromatic N) is 5. The van der Waals surface area contributed by atoms with Crippen LogP contribution in [0.15, 0.2) is 103 Å². The van der Waals surface area contributed by atoms with Crippen LogP contribution in [-0.4, -0.2) is 104 Å². The van der Waals surface area contributed by atoms with Crippen molar-refractivity contribution in [2.24, 2.45) is 13.0 Å². The van der Waals surface area contributed by atoms with Crippen LogP contribution in [0.4, 0.5) is 0 Å². The molecule has 336 valence electrons. The van der Waals surface area contributed by atoms with Crippen LogP contribution in [0, 0.1) is 5.92 Å². The third kappa shape index (κ3) is 11.5. The maximum atomic E-state index is 14.7. The van der Waals surface area contributed by atoms with Gasteiger partial charge in [-0.1, -0.05) is 71.7 Å². The van der Waals surface area contributed by atoms with Crippen LogP contribution in [-0.2, 0) is 52.2 Å². The summed E-state index contributed by atoms with van der Waals surface area (Å²) in [7, 11) is 3.60. The molecule has 5 aromatic rings. The van der Waals surface area contributed by atoms with Gasteiger partial charge in [0.2, 0.25) is 23.6 Å². The van der Waals surface area contributed by atoms with Crippen LogP contribution < -0.4 is 15.4 Å². The van der Waals surface area contributed by atoms with Crippen molar-refractivity contribution < 1.29 is 29.0 Å². The first-order chi connectivity index (χ1) is 30.9. The van der Waals surface area contributed by atoms with Crippen molar-refractivity contribution in [2.45, 2.75) is 70.2 Å². The number of amides is 4. The van der Waals surface area contributed by atoms with Crippen LogP contribution in [0.25, 0.3) is 11.3 Å². The molecule has 0 spiro atoms. The van der Waals surface area contributed by atoms with E-state index in [2.05, 4.69) is 20.1 Å². The number of nitrogens with one attached hydrogen (secondary N) is 2. The summed E-state index contributed by atoms with van der Waals surface area (Å²) in [4.78, 5) is 67.0. The van der Waals surface area contributed by atoms with Gasteiger partial charge in [0, 0.05) is 48.2 Å². The van der Waals surface area contributed by atoms with Crippen molar-refractivity contribution in [1.29, 1.82) is 0 Å². The van der Waals surface area contributed by atoms with Crippen molar-refractivity contribution in [3.05, 3.63) is 136 Å². The molecule has 0 radical (unpaired) electrons. The Morgan fingerprint density at radius 2 is 1.50 bits per heavy atom. The number of carbonyl (C=O) groups is 4. The van der Waals surface area contributed by atoms with Gasteiger partial charge in [-0.2, -0.15) is 0 Å². The van der Waals surface area contributed by atoms with Gasteiger partial charge in [-0.25, -0.2) is 4.98 Å². The topological polar surface area (TPSA) is 149 Å². The zero-order valence-corrected chi connectivity index (χ0v) is 37.9. The first-order valence-corrected chi connectivity index (χ1v) is 22.5. The fraction of sp³-hybridized carbons (Fsp3) is 0.367. The Labute approximate surface area is 384 Å². The van der Waals surface area contributed by atoms with Gasteiger partial charge in [0.1, 0.15) is 29.4 Å². The van der Waals surface area contributed by atoms with Crippen LogP contribution >= 0.6 is 23.2 Å². The highest BCUT2D eigenvalue weighted by Crippen LogP contribution is 2.32. The monoisotopic (exact) mass is 907 g/mol. The number of aliphatic hydroxyl groups is 1. The molecule has 0 unspecified atom stereocenters. The molecule has 2 saturated heterocycles. The van der Waals surface area contributed by atoms with Crippen molar-refractivity contribution in [1.82, 2.24) is 34.9 Å². The van der Waals surface area contributed by atoms with E-state index in [4.69, 9.17) is 32.9 Å². The Kier molecular flexibility index (Phi) is 15.4. The highest BCUT2D eigenvalue weighted by atomic mass is 35.5. The van der Waals surface area contributed by atoms with Crippen LogP contribution in [0.1, 0.15) is 48.7 Å². The second-order valence-electron chi connectivity index (χ2n) is 16.7. The Hall–Kier alpha value is -5.73. The van der Waals surface area contributed by atoms with Gasteiger partial charge in [0.15, 0.2) is 0 Å². The molecule has 1 aromatic heterocycles. The van der Waals surface area contributed by atoms with E-state index >= 15 is 0 Å². The number of aliphatic hydroxyl groups excluding tert-OH is 1. The van der Waals surface area contributed by atoms with E-state index in [1.54, 1.807) is 44.3 Å². The Morgan fingerprint density at radius 3 is 2.20 bits per heavy atom. The number of ether oxygens (including phenoxy) is 1. The number of carbonyl (C=O) groups excluding carboxylic acids is 4. The molecule has 0 aliphatic carbocycles. The molecular formula is C49H55Cl2N7O6. The highest BCUT2D eigenvalue weighted by molar-refractivity contribution is 6.31. The molecule has 4 aromatic carbocycles. The number of hydrogen-bond donors (Lipinski definition) is 3. The summed E-state index contributed by atoms with van der Waals surface area (Å²) < 4.78 is 8.56. The van der Waals surface area contributed by atoms with E-state index < -0.39 is 48.4 Å². The van der Waals surface area contributed by atoms with E-state index in [-0.39, 0.29) is 31.8 Å². The number of halogens is 2. The predicted octanol–water partition coefficient (Wildman–Crippen LogP) is 6.42. The van der Waals surface area contributed by atoms with Gasteiger partial charge in [0.05, 0.1) is 43.5 Å². The van der Waals surface area contributed by atoms with Crippen molar-refractivity contribution in [3.63, 3.8) is 0 Å². The maximum absolute atomic E-state index is 14.7. The second-order valence-corrected chi connectivity index (χ2v) is 17.6. The molecule has 13 nitrogen and oxygen atoms in total. The first kappa shape index (κ1) is 46.3. The van der Waals surface area contributed by atoms with Crippen molar-refractivity contribution in [3.8, 4) is 22.8 Å². The lowest BCUT2D eigenvalue weighted by Crippen LogP contribution is -2.58. The van der Waals surface area contributed by atoms with Gasteiger partial charge >= 0.3 is 0 Å². The average Bonchev–Trinajstić information content (AvgIpc) is 3.95. The normalized spacial score (nSPS) is 20.5. The number of hydrogen-bond acceptors (Lipinski definition) is 8. The largest absolute Gasteiger partial charge is 0.457 e. The minimum Gasteiger partial charge on any atom is -0.457 e. The number of aromatic nitrogens is 2. The fourth-order valence-electron chi connectivity index (χ4n) is 8.33. The van der Waals surface area contributed by atoms with Crippen molar-refractivity contribution >= 4 is 46.8 Å². The molecule has 2 aliphatic rings. The van der Waals surface area contributed by atoms with Gasteiger partial charge < -0.3 is 34.8 Å². The molecule has 15 heteroatoms. The molecule has 0 bridgehead atoms. The smallest absolute Gasteiger partial charge is 0.247 e. The summed E-state index contributed by atoms with van der Waals surface area (Å²) in [6.07, 6.45) is 4.68. The predicted molar refractivity (Wildman–Crippen MR) is 247 cm³/mol. The molecule has 7 rings (SSSR count). The standard InChI is InChI=1S/C49H55Cl2N7O6/c1-32-47(61)54-42(31-59)49(63)55(2)40(24-34-11-16-38(50)17-12-34)27-53-48(62)37(23-33-9-5-4-6-10-33)25-46(60)58(32)29-36-13-18-39(51)26-44(36)64-41-19-14-35(15-20-41)43-28-52-45(56(43)3)30-57-21-7-8-22-57/h4-6,9-20,26,28,32,37,40,42,59H,7-8,21-25,27,29-31H2,1-3H3,(H,53,62)(H,54,61)/t32-,37+,40+,42-/m0/s1. The Balaban J connectivity index is 1.16. The summed E-state index contributed by atoms with van der Waals surface area (Å²) in [5, 5.41) is 17.1. The van der Waals surface area contributed by atoms with E-state index in [1.807, 2.05) is 80.0 Å². The first-order valence-electron chi connectivity index (χ1n) is 21.7. The molecule has 0 saturated carbocycles. The third-order valence-corrected chi connectivity index (χ3v) is 12.8. The zero-order valence-electron chi connectivity index (χ0n) is 36.4. The van der Waals surface area contributed by atoms with Crippen LogP contribution in [0.3, 0.4) is 0 Å². The lowest BCUT2D eigenvalue weighted by atomic mass is 9.93. The number of rotatable bonds is 12. The molecule has 4 amide bonds. The minimum absolute atomic E-state index is 0.0453. The van der Waals surface area contributed by atoms with Crippen LogP contribution in [0.2, 0.25) is 10.0 Å². The van der Waals surface area contributed by atoms with E-state index in [0.717, 1.165) is 47.8 Å². The summed E-state index contributed by atoms with van der Waals surface area (Å²) in [5.74, 6) is -0.998. The van der Waals surface area contributed by atoms with Gasteiger partial charge in [-0.15, -0.1) is 0 Å². The molecular weight excluding hydrogens is 853 g/mol. The molecule has 3 N–H and O–H groups in total. The fourth-order valence-corrected chi connectivity index (χ4v) is 8.62. The summed E-state index contributed by atoms with van der Waals surface area (Å²) >= 11 is 12.7. The lowest BCUT2D eigenvalue weighted by molar-refractivity contribution is -0.145. The number of benzene rings is 4. The van der Waals surface area contributed by atoms with Crippen molar-refractivity contribution in [2.75, 3.05) is 33.3 Å². The molecule has 4 atom stereocenters. The van der Waals surface area contributed by atoms with E-state index in [0.29, 0.717) is 33.5 Å². The highest BCUT2D eigenvalue weighted by Gasteiger charge is 2.36. The second kappa shape index (κ2) is 21.3. The number of imidazole rings is 1. The number of likely N-dealkylation sites (tertiary alicyclic amines) is 1. The molecule has 2 aliphatic heterocycles. The maximum Gasteiger partial charge on any atom is 0.247 e. The Bertz CT molecular complexity index is 2410. The van der Waals surface area contributed by atoms with Crippen LogP contribution in [0.5, 0.6) is 11.5 Å². The SMILES string of the molecule is C[C@H]1C(=O)N[C@@H](CO)C(=O)N(C)[C@H](Cc2ccc(Cl)cc2)CNC(=O)[C@H](Cc2ccccc2)CC(=O)N1Cc1ccc(Cl)cc1Oc1ccc(-c2cnc(CN3CCCC3)n2C)cc1. The zero-order chi connectivity index (χ0) is 45.3. The average molecular weight is 909 g/mol. The molecule has 64 heavy (non-hydrogen) atoms. The van der Waals surface area contributed by atoms with Gasteiger partial charge in [0.25, 0.3) is 0 Å². The third-order valence-electron chi connectivity index (χ3n) is 12.3. The summed E-state index contributed by atoms with van der Waals surface area (Å²) in [6, 6.07) is 26.2. The van der Waals surface area contributed by atoms with Gasteiger partial charge in [-0.3, -0.25) is 24.1 Å². The van der Waals surface area contributed by atoms with E-state index in [1.165, 1.54) is 22.6 Å². The summed E-state index contributed by atoms with van der Waals surface area (Å²) in [5.41, 5.74) is 4.21. The molecule has 3 heterocycles.